The third-order valence-electron chi connectivity index (χ3n) is 5.62. The van der Waals surface area contributed by atoms with Crippen molar-refractivity contribution in [3.8, 4) is 22.7 Å². The first-order chi connectivity index (χ1) is 16.0. The summed E-state index contributed by atoms with van der Waals surface area (Å²) >= 11 is 17.0. The van der Waals surface area contributed by atoms with E-state index >= 15 is 0 Å². The molecule has 0 radical (unpaired) electrons. The molecule has 0 spiro atoms. The lowest BCUT2D eigenvalue weighted by molar-refractivity contribution is 0.0718. The molecule has 33 heavy (non-hydrogen) atoms. The van der Waals surface area contributed by atoms with E-state index in [-0.39, 0.29) is 5.91 Å². The molecule has 5 nitrogen and oxygen atoms in total. The topological polar surface area (TPSA) is 59.2 Å². The zero-order chi connectivity index (χ0) is 22.9. The molecule has 5 rings (SSSR count). The molecule has 1 saturated heterocycles. The van der Waals surface area contributed by atoms with Crippen molar-refractivity contribution in [2.75, 3.05) is 19.3 Å². The second-order valence-electron chi connectivity index (χ2n) is 7.67. The SMILES string of the molecule is CSc1ccc(C(=O)N2CCC(c3nc(-c4cc(-c5ccc(Cl)c(Cl)c5)no4)cs3)CC2)s1. The predicted octanol–water partition coefficient (Wildman–Crippen LogP) is 7.58. The minimum Gasteiger partial charge on any atom is -0.354 e. The number of benzene rings is 1. The third kappa shape index (κ3) is 4.86. The highest BCUT2D eigenvalue weighted by atomic mass is 35.5. The summed E-state index contributed by atoms with van der Waals surface area (Å²) in [6, 6.07) is 11.2. The summed E-state index contributed by atoms with van der Waals surface area (Å²) < 4.78 is 6.71. The molecule has 0 aliphatic carbocycles. The van der Waals surface area contributed by atoms with Gasteiger partial charge >= 0.3 is 0 Å². The molecule has 1 aliphatic rings. The van der Waals surface area contributed by atoms with Gasteiger partial charge in [0.1, 0.15) is 11.4 Å². The van der Waals surface area contributed by atoms with Crippen LogP contribution in [-0.2, 0) is 0 Å². The van der Waals surface area contributed by atoms with Crippen molar-refractivity contribution < 1.29 is 9.32 Å². The van der Waals surface area contributed by atoms with Gasteiger partial charge in [0.15, 0.2) is 5.76 Å². The summed E-state index contributed by atoms with van der Waals surface area (Å²) in [7, 11) is 0. The summed E-state index contributed by atoms with van der Waals surface area (Å²) in [5.41, 5.74) is 2.29. The van der Waals surface area contributed by atoms with E-state index < -0.39 is 0 Å². The highest BCUT2D eigenvalue weighted by Gasteiger charge is 2.27. The van der Waals surface area contributed by atoms with Crippen LogP contribution in [0.1, 0.15) is 33.4 Å². The van der Waals surface area contributed by atoms with Crippen LogP contribution in [0.15, 0.2) is 50.5 Å². The lowest BCUT2D eigenvalue weighted by atomic mass is 9.97. The van der Waals surface area contributed by atoms with Crippen molar-refractivity contribution in [2.45, 2.75) is 23.0 Å². The van der Waals surface area contributed by atoms with Gasteiger partial charge < -0.3 is 9.42 Å². The monoisotopic (exact) mass is 535 g/mol. The van der Waals surface area contributed by atoms with E-state index in [1.165, 1.54) is 4.21 Å². The number of piperidine rings is 1. The number of nitrogens with zero attached hydrogens (tertiary/aromatic N) is 3. The number of rotatable bonds is 5. The van der Waals surface area contributed by atoms with Gasteiger partial charge in [-0.1, -0.05) is 34.4 Å². The van der Waals surface area contributed by atoms with Crippen LogP contribution in [0.3, 0.4) is 0 Å². The van der Waals surface area contributed by atoms with E-state index in [2.05, 4.69) is 5.16 Å². The fourth-order valence-corrected chi connectivity index (χ4v) is 6.60. The van der Waals surface area contributed by atoms with Crippen LogP contribution >= 0.6 is 57.6 Å². The van der Waals surface area contributed by atoms with Gasteiger partial charge in [-0.15, -0.1) is 34.4 Å². The highest BCUT2D eigenvalue weighted by molar-refractivity contribution is 8.00. The van der Waals surface area contributed by atoms with Gasteiger partial charge in [-0.2, -0.15) is 0 Å². The minimum absolute atomic E-state index is 0.134. The summed E-state index contributed by atoms with van der Waals surface area (Å²) in [6.07, 6.45) is 3.84. The van der Waals surface area contributed by atoms with Crippen LogP contribution in [0, 0.1) is 0 Å². The largest absolute Gasteiger partial charge is 0.354 e. The first-order valence-electron chi connectivity index (χ1n) is 10.3. The van der Waals surface area contributed by atoms with Crippen LogP contribution < -0.4 is 0 Å². The maximum Gasteiger partial charge on any atom is 0.263 e. The molecule has 3 aromatic heterocycles. The van der Waals surface area contributed by atoms with Crippen LogP contribution in [0.2, 0.25) is 10.0 Å². The Kier molecular flexibility index (Phi) is 6.81. The molecule has 0 atom stereocenters. The normalized spacial score (nSPS) is 14.7. The van der Waals surface area contributed by atoms with Gasteiger partial charge in [-0.25, -0.2) is 4.98 Å². The van der Waals surface area contributed by atoms with Crippen molar-refractivity contribution in [2.24, 2.45) is 0 Å². The van der Waals surface area contributed by atoms with E-state index in [1.807, 2.05) is 40.8 Å². The van der Waals surface area contributed by atoms with Gasteiger partial charge in [0, 0.05) is 36.0 Å². The number of hydrogen-bond acceptors (Lipinski definition) is 7. The average molecular weight is 537 g/mol. The number of hydrogen-bond donors (Lipinski definition) is 0. The van der Waals surface area contributed by atoms with Gasteiger partial charge in [-0.3, -0.25) is 4.79 Å². The number of thioether (sulfide) groups is 1. The predicted molar refractivity (Wildman–Crippen MR) is 137 cm³/mol. The minimum atomic E-state index is 0.134. The van der Waals surface area contributed by atoms with Gasteiger partial charge in [0.25, 0.3) is 5.91 Å². The molecule has 10 heteroatoms. The average Bonchev–Trinajstić information content (AvgIpc) is 3.60. The van der Waals surface area contributed by atoms with Gasteiger partial charge in [0.05, 0.1) is 24.1 Å². The Hall–Kier alpha value is -1.84. The molecule has 1 amide bonds. The summed E-state index contributed by atoms with van der Waals surface area (Å²) in [4.78, 5) is 20.4. The van der Waals surface area contributed by atoms with E-state index in [0.717, 1.165) is 47.1 Å². The second kappa shape index (κ2) is 9.80. The van der Waals surface area contributed by atoms with Crippen molar-refractivity contribution in [1.82, 2.24) is 15.0 Å². The molecular weight excluding hydrogens is 517 g/mol. The lowest BCUT2D eigenvalue weighted by Gasteiger charge is -2.30. The summed E-state index contributed by atoms with van der Waals surface area (Å²) in [5.74, 6) is 1.10. The van der Waals surface area contributed by atoms with Crippen molar-refractivity contribution in [1.29, 1.82) is 0 Å². The fourth-order valence-electron chi connectivity index (χ4n) is 3.81. The zero-order valence-corrected chi connectivity index (χ0v) is 21.5. The highest BCUT2D eigenvalue weighted by Crippen LogP contribution is 2.35. The molecule has 170 valence electrons. The molecule has 1 aliphatic heterocycles. The molecule has 4 heterocycles. The smallest absolute Gasteiger partial charge is 0.263 e. The number of amides is 1. The van der Waals surface area contributed by atoms with Crippen LogP contribution in [-0.4, -0.2) is 40.3 Å². The number of carbonyl (C=O) groups is 1. The lowest BCUT2D eigenvalue weighted by Crippen LogP contribution is -2.37. The number of thiophene rings is 1. The van der Waals surface area contributed by atoms with Gasteiger partial charge in [0.2, 0.25) is 0 Å². The zero-order valence-electron chi connectivity index (χ0n) is 17.6. The molecule has 0 bridgehead atoms. The number of halogens is 2. The molecule has 1 fully saturated rings. The Labute approximate surface area is 213 Å². The number of carbonyl (C=O) groups excluding carboxylic acids is 1. The molecule has 0 N–H and O–H groups in total. The third-order valence-corrected chi connectivity index (χ3v) is 9.53. The van der Waals surface area contributed by atoms with Crippen molar-refractivity contribution >= 4 is 63.5 Å². The van der Waals surface area contributed by atoms with E-state index in [1.54, 1.807) is 46.6 Å². The molecule has 1 aromatic carbocycles. The fraction of sp³-hybridized carbons (Fsp3) is 0.261. The van der Waals surface area contributed by atoms with Crippen molar-refractivity contribution in [3.63, 3.8) is 0 Å². The molecule has 0 unspecified atom stereocenters. The first kappa shape index (κ1) is 22.9. The van der Waals surface area contributed by atoms with Crippen LogP contribution in [0.5, 0.6) is 0 Å². The summed E-state index contributed by atoms with van der Waals surface area (Å²) in [5, 5.41) is 8.22. The number of aromatic nitrogens is 2. The Bertz CT molecular complexity index is 1290. The second-order valence-corrected chi connectivity index (χ2v) is 11.6. The Morgan fingerprint density at radius 1 is 1.12 bits per heavy atom. The van der Waals surface area contributed by atoms with Gasteiger partial charge in [-0.05, 0) is 43.4 Å². The van der Waals surface area contributed by atoms with Crippen LogP contribution in [0.25, 0.3) is 22.7 Å². The van der Waals surface area contributed by atoms with Crippen LogP contribution in [0.4, 0.5) is 0 Å². The molecule has 0 saturated carbocycles. The Morgan fingerprint density at radius 3 is 2.67 bits per heavy atom. The van der Waals surface area contributed by atoms with E-state index in [9.17, 15) is 4.79 Å². The van der Waals surface area contributed by atoms with E-state index in [4.69, 9.17) is 32.7 Å². The first-order valence-corrected chi connectivity index (χ1v) is 14.0. The maximum absolute atomic E-state index is 12.8. The number of thiazole rings is 1. The standard InChI is InChI=1S/C23H19Cl2N3O2S3/c1-31-21-5-4-20(33-21)23(29)28-8-6-13(7-9-28)22-26-18(12-32-22)19-11-17(27-30-19)14-2-3-15(24)16(25)10-14/h2-5,10-13H,6-9H2,1H3. The maximum atomic E-state index is 12.8. The Balaban J connectivity index is 1.24. The summed E-state index contributed by atoms with van der Waals surface area (Å²) in [6.45, 7) is 1.49. The quantitative estimate of drug-likeness (QED) is 0.246. The Morgan fingerprint density at radius 2 is 1.94 bits per heavy atom. The van der Waals surface area contributed by atoms with E-state index in [0.29, 0.717) is 27.4 Å². The number of likely N-dealkylation sites (tertiary alicyclic amines) is 1. The molecular formula is C23H19Cl2N3O2S3. The molecule has 4 aromatic rings. The van der Waals surface area contributed by atoms with Crippen molar-refractivity contribution in [3.05, 3.63) is 61.7 Å².